The first kappa shape index (κ1) is 14.2. The molecule has 0 radical (unpaired) electrons. The highest BCUT2D eigenvalue weighted by Crippen LogP contribution is 2.25. The molecule has 0 N–H and O–H groups in total. The molecule has 0 aromatic heterocycles. The molecule has 0 bridgehead atoms. The van der Waals surface area contributed by atoms with E-state index in [0.717, 1.165) is 0 Å². The molecule has 1 aliphatic rings. The van der Waals surface area contributed by atoms with E-state index in [-0.39, 0.29) is 0 Å². The number of rotatable bonds is 2. The van der Waals surface area contributed by atoms with Crippen LogP contribution in [-0.2, 0) is 9.53 Å². The predicted octanol–water partition coefficient (Wildman–Crippen LogP) is 2.49. The fourth-order valence-corrected chi connectivity index (χ4v) is 1.94. The molecule has 1 saturated heterocycles. The van der Waals surface area contributed by atoms with Gasteiger partial charge in [0.1, 0.15) is 5.60 Å². The number of carbonyl (C=O) groups is 2. The molecular formula is C11H17ClFNO3. The van der Waals surface area contributed by atoms with Crippen LogP contribution in [0.15, 0.2) is 0 Å². The Labute approximate surface area is 105 Å². The summed E-state index contributed by atoms with van der Waals surface area (Å²) in [5.41, 5.74) is -0.638. The Bertz CT molecular complexity index is 316. The van der Waals surface area contributed by atoms with Crippen molar-refractivity contribution in [3.63, 3.8) is 0 Å². The number of amides is 1. The van der Waals surface area contributed by atoms with Crippen LogP contribution in [0.3, 0.4) is 0 Å². The van der Waals surface area contributed by atoms with Gasteiger partial charge in [0.25, 0.3) is 5.24 Å². The number of hydrogen-bond donors (Lipinski definition) is 0. The zero-order chi connectivity index (χ0) is 13.2. The van der Waals surface area contributed by atoms with Crippen molar-refractivity contribution in [1.82, 2.24) is 4.90 Å². The minimum absolute atomic E-state index is 0.393. The van der Waals surface area contributed by atoms with Crippen LogP contribution < -0.4 is 0 Å². The van der Waals surface area contributed by atoms with Crippen LogP contribution in [0.5, 0.6) is 0 Å². The summed E-state index contributed by atoms with van der Waals surface area (Å²) in [4.78, 5) is 23.8. The van der Waals surface area contributed by atoms with Gasteiger partial charge in [0.05, 0.1) is 6.04 Å². The van der Waals surface area contributed by atoms with Gasteiger partial charge >= 0.3 is 6.09 Å². The summed E-state index contributed by atoms with van der Waals surface area (Å²) in [6, 6.07) is -0.796. The highest BCUT2D eigenvalue weighted by Gasteiger charge is 2.39. The summed E-state index contributed by atoms with van der Waals surface area (Å²) in [5, 5.41) is -1.06. The number of alkyl halides is 1. The molecule has 0 aromatic carbocycles. The van der Waals surface area contributed by atoms with Gasteiger partial charge in [0.2, 0.25) is 0 Å². The van der Waals surface area contributed by atoms with Crippen LogP contribution >= 0.6 is 11.6 Å². The number of ether oxygens (including phenoxy) is 1. The Kier molecular flexibility index (Phi) is 4.36. The fraction of sp³-hybridized carbons (Fsp3) is 0.818. The highest BCUT2D eigenvalue weighted by molar-refractivity contribution is 6.64. The van der Waals surface area contributed by atoms with Crippen LogP contribution in [0.1, 0.15) is 33.6 Å². The molecule has 0 aliphatic carbocycles. The van der Waals surface area contributed by atoms with E-state index in [1.54, 1.807) is 20.8 Å². The van der Waals surface area contributed by atoms with Gasteiger partial charge < -0.3 is 9.64 Å². The van der Waals surface area contributed by atoms with Crippen molar-refractivity contribution in [3.8, 4) is 0 Å². The highest BCUT2D eigenvalue weighted by atomic mass is 35.5. The second-order valence-electron chi connectivity index (χ2n) is 5.09. The molecule has 1 fully saturated rings. The monoisotopic (exact) mass is 265 g/mol. The predicted molar refractivity (Wildman–Crippen MR) is 61.7 cm³/mol. The minimum Gasteiger partial charge on any atom is -0.444 e. The zero-order valence-electron chi connectivity index (χ0n) is 10.2. The van der Waals surface area contributed by atoms with Gasteiger partial charge in [-0.1, -0.05) is 0 Å². The lowest BCUT2D eigenvalue weighted by molar-refractivity contribution is -0.117. The SMILES string of the molecule is CC(C)(C)OC(=O)N1CCCC1C(F)C(=O)Cl. The standard InChI is InChI=1S/C11H17ClFNO3/c1-11(2,3)17-10(16)14-6-4-5-7(14)8(13)9(12)15/h7-8H,4-6H2,1-3H3. The molecule has 0 aromatic rings. The summed E-state index contributed by atoms with van der Waals surface area (Å²) in [6.07, 6.45) is -1.36. The molecule has 2 unspecified atom stereocenters. The van der Waals surface area contributed by atoms with Crippen molar-refractivity contribution in [1.29, 1.82) is 0 Å². The molecule has 4 nitrogen and oxygen atoms in total. The summed E-state index contributed by atoms with van der Waals surface area (Å²) in [6.45, 7) is 5.59. The van der Waals surface area contributed by atoms with E-state index in [1.807, 2.05) is 0 Å². The molecule has 1 aliphatic heterocycles. The maximum atomic E-state index is 13.5. The fourth-order valence-electron chi connectivity index (χ4n) is 1.80. The third-order valence-corrected chi connectivity index (χ3v) is 2.69. The maximum Gasteiger partial charge on any atom is 0.410 e. The second kappa shape index (κ2) is 5.21. The maximum absolute atomic E-state index is 13.5. The molecular weight excluding hydrogens is 249 g/mol. The molecule has 2 atom stereocenters. The third kappa shape index (κ3) is 3.84. The third-order valence-electron chi connectivity index (χ3n) is 2.48. The van der Waals surface area contributed by atoms with Crippen molar-refractivity contribution in [3.05, 3.63) is 0 Å². The van der Waals surface area contributed by atoms with E-state index in [2.05, 4.69) is 0 Å². The van der Waals surface area contributed by atoms with E-state index in [4.69, 9.17) is 16.3 Å². The van der Waals surface area contributed by atoms with Gasteiger partial charge in [-0.2, -0.15) is 0 Å². The van der Waals surface area contributed by atoms with Crippen LogP contribution in [0.2, 0.25) is 0 Å². The van der Waals surface area contributed by atoms with Crippen molar-refractivity contribution in [2.45, 2.75) is 51.4 Å². The molecule has 98 valence electrons. The molecule has 1 amide bonds. The minimum atomic E-state index is -1.84. The smallest absolute Gasteiger partial charge is 0.410 e. The number of nitrogens with zero attached hydrogens (tertiary/aromatic N) is 1. The summed E-state index contributed by atoms with van der Waals surface area (Å²) < 4.78 is 18.7. The number of halogens is 2. The lowest BCUT2D eigenvalue weighted by Crippen LogP contribution is -2.45. The van der Waals surface area contributed by atoms with Crippen molar-refractivity contribution < 1.29 is 18.7 Å². The van der Waals surface area contributed by atoms with E-state index in [0.29, 0.717) is 19.4 Å². The molecule has 17 heavy (non-hydrogen) atoms. The Morgan fingerprint density at radius 1 is 1.47 bits per heavy atom. The normalized spacial score (nSPS) is 22.4. The average Bonchev–Trinajstić information content (AvgIpc) is 2.61. The quantitative estimate of drug-likeness (QED) is 0.721. The Morgan fingerprint density at radius 3 is 2.53 bits per heavy atom. The first-order valence-electron chi connectivity index (χ1n) is 5.55. The molecule has 1 rings (SSSR count). The van der Waals surface area contributed by atoms with Crippen LogP contribution in [-0.4, -0.2) is 40.6 Å². The van der Waals surface area contributed by atoms with E-state index in [9.17, 15) is 14.0 Å². The zero-order valence-corrected chi connectivity index (χ0v) is 11.0. The molecule has 6 heteroatoms. The topological polar surface area (TPSA) is 46.6 Å². The van der Waals surface area contributed by atoms with Gasteiger partial charge in [-0.15, -0.1) is 0 Å². The largest absolute Gasteiger partial charge is 0.444 e. The van der Waals surface area contributed by atoms with Gasteiger partial charge in [-0.05, 0) is 45.2 Å². The van der Waals surface area contributed by atoms with Crippen molar-refractivity contribution in [2.24, 2.45) is 0 Å². The van der Waals surface area contributed by atoms with Gasteiger partial charge in [0.15, 0.2) is 6.17 Å². The molecule has 0 saturated carbocycles. The lowest BCUT2D eigenvalue weighted by atomic mass is 10.1. The summed E-state index contributed by atoms with van der Waals surface area (Å²) in [5.74, 6) is 0. The summed E-state index contributed by atoms with van der Waals surface area (Å²) in [7, 11) is 0. The first-order valence-corrected chi connectivity index (χ1v) is 5.93. The molecule has 1 heterocycles. The average molecular weight is 266 g/mol. The van der Waals surface area contributed by atoms with E-state index in [1.165, 1.54) is 4.90 Å². The number of likely N-dealkylation sites (tertiary alicyclic amines) is 1. The van der Waals surface area contributed by atoms with E-state index >= 15 is 0 Å². The van der Waals surface area contributed by atoms with E-state index < -0.39 is 29.2 Å². The van der Waals surface area contributed by atoms with Crippen LogP contribution in [0, 0.1) is 0 Å². The lowest BCUT2D eigenvalue weighted by Gasteiger charge is -2.29. The van der Waals surface area contributed by atoms with Gasteiger partial charge in [-0.3, -0.25) is 4.79 Å². The number of hydrogen-bond acceptors (Lipinski definition) is 3. The Morgan fingerprint density at radius 2 is 2.06 bits per heavy atom. The van der Waals surface area contributed by atoms with Crippen LogP contribution in [0.4, 0.5) is 9.18 Å². The summed E-state index contributed by atoms with van der Waals surface area (Å²) >= 11 is 5.12. The Hall–Kier alpha value is -0.840. The first-order chi connectivity index (χ1) is 7.72. The van der Waals surface area contributed by atoms with Gasteiger partial charge in [0, 0.05) is 6.54 Å². The van der Waals surface area contributed by atoms with Crippen molar-refractivity contribution in [2.75, 3.05) is 6.54 Å². The molecule has 0 spiro atoms. The Balaban J connectivity index is 2.69. The van der Waals surface area contributed by atoms with Crippen LogP contribution in [0.25, 0.3) is 0 Å². The van der Waals surface area contributed by atoms with Crippen molar-refractivity contribution >= 4 is 22.9 Å². The van der Waals surface area contributed by atoms with Gasteiger partial charge in [-0.25, -0.2) is 9.18 Å². The number of carbonyl (C=O) groups excluding carboxylic acids is 2. The second-order valence-corrected chi connectivity index (χ2v) is 5.46.